The van der Waals surface area contributed by atoms with Gasteiger partial charge in [0.05, 0.1) is 33.1 Å². The Labute approximate surface area is 143 Å². The van der Waals surface area contributed by atoms with Crippen LogP contribution in [0.15, 0.2) is 12.1 Å². The first kappa shape index (κ1) is 17.0. The number of aromatic nitrogens is 2. The molecule has 0 spiro atoms. The summed E-state index contributed by atoms with van der Waals surface area (Å²) < 4.78 is 22.1. The normalized spacial score (nSPS) is 13.3. The highest BCUT2D eigenvalue weighted by atomic mass is 127. The van der Waals surface area contributed by atoms with Gasteiger partial charge in [0.1, 0.15) is 11.6 Å². The molecule has 0 aliphatic rings. The molecule has 1 atom stereocenters. The predicted octanol–water partition coefficient (Wildman–Crippen LogP) is 4.75. The maximum atomic E-state index is 13.9. The van der Waals surface area contributed by atoms with Crippen LogP contribution in [0.2, 0.25) is 0 Å². The summed E-state index contributed by atoms with van der Waals surface area (Å²) in [5.74, 6) is 1.15. The van der Waals surface area contributed by atoms with E-state index in [0.717, 1.165) is 16.9 Å². The predicted molar refractivity (Wildman–Crippen MR) is 92.3 cm³/mol. The van der Waals surface area contributed by atoms with E-state index in [1.165, 1.54) is 0 Å². The van der Waals surface area contributed by atoms with Crippen LogP contribution >= 0.6 is 34.2 Å². The first-order valence-corrected chi connectivity index (χ1v) is 8.60. The first-order valence-electron chi connectivity index (χ1n) is 6.99. The van der Waals surface area contributed by atoms with Crippen LogP contribution in [0.1, 0.15) is 32.6 Å². The molecule has 0 saturated heterocycles. The van der Waals surface area contributed by atoms with Crippen LogP contribution in [-0.4, -0.2) is 22.8 Å². The fourth-order valence-electron chi connectivity index (χ4n) is 2.41. The van der Waals surface area contributed by atoms with Gasteiger partial charge in [-0.15, -0.1) is 11.6 Å². The standard InChI is InChI=1S/C15H19ClFIN2O/c1-4-21-8-14(9(2)3)20-13-5-10(17)11(18)6-12(13)19-15(20)7-16/h5-6,9,14H,4,7-8H2,1-3H3. The summed E-state index contributed by atoms with van der Waals surface area (Å²) in [4.78, 5) is 4.55. The van der Waals surface area contributed by atoms with Gasteiger partial charge in [-0.25, -0.2) is 9.37 Å². The molecule has 2 rings (SSSR count). The molecule has 0 aliphatic heterocycles. The lowest BCUT2D eigenvalue weighted by Crippen LogP contribution is -2.22. The number of hydrogen-bond donors (Lipinski definition) is 0. The van der Waals surface area contributed by atoms with Crippen molar-refractivity contribution in [2.45, 2.75) is 32.7 Å². The minimum Gasteiger partial charge on any atom is -0.380 e. The Morgan fingerprint density at radius 2 is 2.14 bits per heavy atom. The molecule has 0 radical (unpaired) electrons. The molecule has 0 N–H and O–H groups in total. The van der Waals surface area contributed by atoms with Crippen molar-refractivity contribution in [2.24, 2.45) is 5.92 Å². The SMILES string of the molecule is CCOCC(C(C)C)n1c(CCl)nc2cc(I)c(F)cc21. The molecule has 2 aromatic rings. The molecule has 21 heavy (non-hydrogen) atoms. The monoisotopic (exact) mass is 424 g/mol. The van der Waals surface area contributed by atoms with Crippen molar-refractivity contribution in [1.82, 2.24) is 9.55 Å². The van der Waals surface area contributed by atoms with E-state index >= 15 is 0 Å². The molecule has 116 valence electrons. The summed E-state index contributed by atoms with van der Waals surface area (Å²) in [6.07, 6.45) is 0. The Balaban J connectivity index is 2.60. The fourth-order valence-corrected chi connectivity index (χ4v) is 3.05. The van der Waals surface area contributed by atoms with Gasteiger partial charge in [0.25, 0.3) is 0 Å². The van der Waals surface area contributed by atoms with Gasteiger partial charge in [-0.2, -0.15) is 0 Å². The van der Waals surface area contributed by atoms with Gasteiger partial charge in [-0.3, -0.25) is 0 Å². The zero-order chi connectivity index (χ0) is 15.6. The highest BCUT2D eigenvalue weighted by Crippen LogP contribution is 2.29. The summed E-state index contributed by atoms with van der Waals surface area (Å²) in [5, 5.41) is 0. The van der Waals surface area contributed by atoms with E-state index in [1.807, 2.05) is 34.1 Å². The number of imidazole rings is 1. The van der Waals surface area contributed by atoms with E-state index in [4.69, 9.17) is 16.3 Å². The number of benzene rings is 1. The van der Waals surface area contributed by atoms with Crippen molar-refractivity contribution in [3.05, 3.63) is 27.3 Å². The summed E-state index contributed by atoms with van der Waals surface area (Å²) >= 11 is 8.02. The van der Waals surface area contributed by atoms with Crippen LogP contribution in [0.3, 0.4) is 0 Å². The molecule has 0 saturated carbocycles. The van der Waals surface area contributed by atoms with Gasteiger partial charge in [-0.1, -0.05) is 13.8 Å². The number of fused-ring (bicyclic) bond motifs is 1. The summed E-state index contributed by atoms with van der Waals surface area (Å²) in [7, 11) is 0. The summed E-state index contributed by atoms with van der Waals surface area (Å²) in [6.45, 7) is 7.43. The van der Waals surface area contributed by atoms with Crippen LogP contribution in [0.5, 0.6) is 0 Å². The molecule has 0 bridgehead atoms. The number of hydrogen-bond acceptors (Lipinski definition) is 2. The van der Waals surface area contributed by atoms with Crippen LogP contribution < -0.4 is 0 Å². The van der Waals surface area contributed by atoms with Gasteiger partial charge in [0.2, 0.25) is 0 Å². The van der Waals surface area contributed by atoms with Crippen molar-refractivity contribution in [3.63, 3.8) is 0 Å². The fraction of sp³-hybridized carbons (Fsp3) is 0.533. The molecular weight excluding hydrogens is 406 g/mol. The lowest BCUT2D eigenvalue weighted by Gasteiger charge is -2.24. The minimum absolute atomic E-state index is 0.0863. The highest BCUT2D eigenvalue weighted by Gasteiger charge is 2.22. The van der Waals surface area contributed by atoms with E-state index in [-0.39, 0.29) is 11.9 Å². The maximum absolute atomic E-state index is 13.9. The third-order valence-electron chi connectivity index (χ3n) is 3.52. The average molecular weight is 425 g/mol. The number of nitrogens with zero attached hydrogens (tertiary/aromatic N) is 2. The molecule has 0 fully saturated rings. The third kappa shape index (κ3) is 3.51. The maximum Gasteiger partial charge on any atom is 0.138 e. The van der Waals surface area contributed by atoms with Crippen LogP contribution in [0.4, 0.5) is 4.39 Å². The third-order valence-corrected chi connectivity index (χ3v) is 4.58. The van der Waals surface area contributed by atoms with Gasteiger partial charge < -0.3 is 9.30 Å². The smallest absolute Gasteiger partial charge is 0.138 e. The molecule has 0 aliphatic carbocycles. The van der Waals surface area contributed by atoms with Crippen molar-refractivity contribution >= 4 is 45.2 Å². The average Bonchev–Trinajstić information content (AvgIpc) is 2.77. The topological polar surface area (TPSA) is 27.1 Å². The van der Waals surface area contributed by atoms with E-state index in [9.17, 15) is 4.39 Å². The summed E-state index contributed by atoms with van der Waals surface area (Å²) in [6, 6.07) is 3.39. The Morgan fingerprint density at radius 1 is 1.43 bits per heavy atom. The Morgan fingerprint density at radius 3 is 2.71 bits per heavy atom. The van der Waals surface area contributed by atoms with Crippen LogP contribution in [-0.2, 0) is 10.6 Å². The molecule has 1 aromatic carbocycles. The van der Waals surface area contributed by atoms with Crippen LogP contribution in [0.25, 0.3) is 11.0 Å². The quantitative estimate of drug-likeness (QED) is 0.494. The second-order valence-corrected chi connectivity index (χ2v) is 6.69. The second kappa shape index (κ2) is 7.24. The Hall–Kier alpha value is -0.400. The minimum atomic E-state index is -0.232. The zero-order valence-corrected chi connectivity index (χ0v) is 15.3. The van der Waals surface area contributed by atoms with Crippen LogP contribution in [0, 0.1) is 15.3 Å². The molecular formula is C15H19ClFIN2O. The summed E-state index contributed by atoms with van der Waals surface area (Å²) in [5.41, 5.74) is 1.56. The van der Waals surface area contributed by atoms with Crippen molar-refractivity contribution in [2.75, 3.05) is 13.2 Å². The highest BCUT2D eigenvalue weighted by molar-refractivity contribution is 14.1. The molecule has 0 amide bonds. The van der Waals surface area contributed by atoms with Gasteiger partial charge in [0.15, 0.2) is 0 Å². The largest absolute Gasteiger partial charge is 0.380 e. The van der Waals surface area contributed by atoms with E-state index in [1.54, 1.807) is 12.1 Å². The zero-order valence-electron chi connectivity index (χ0n) is 12.4. The van der Waals surface area contributed by atoms with E-state index in [0.29, 0.717) is 28.6 Å². The van der Waals surface area contributed by atoms with E-state index in [2.05, 4.69) is 18.8 Å². The van der Waals surface area contributed by atoms with Gasteiger partial charge in [0, 0.05) is 12.7 Å². The van der Waals surface area contributed by atoms with Crippen molar-refractivity contribution in [1.29, 1.82) is 0 Å². The number of halogens is 3. The van der Waals surface area contributed by atoms with Gasteiger partial charge in [-0.05, 0) is 41.5 Å². The Kier molecular flexibility index (Phi) is 5.85. The lowest BCUT2D eigenvalue weighted by molar-refractivity contribution is 0.0970. The number of rotatable bonds is 6. The van der Waals surface area contributed by atoms with E-state index < -0.39 is 0 Å². The second-order valence-electron chi connectivity index (χ2n) is 5.26. The molecule has 1 unspecified atom stereocenters. The Bertz CT molecular complexity index is 630. The van der Waals surface area contributed by atoms with Gasteiger partial charge >= 0.3 is 0 Å². The molecule has 6 heteroatoms. The first-order chi connectivity index (χ1) is 9.99. The molecule has 1 heterocycles. The molecule has 1 aromatic heterocycles. The number of ether oxygens (including phenoxy) is 1. The van der Waals surface area contributed by atoms with Crippen molar-refractivity contribution in [3.8, 4) is 0 Å². The molecule has 3 nitrogen and oxygen atoms in total. The number of alkyl halides is 1. The lowest BCUT2D eigenvalue weighted by atomic mass is 10.0. The van der Waals surface area contributed by atoms with Crippen molar-refractivity contribution < 1.29 is 9.13 Å².